The number of ether oxygens (including phenoxy) is 1. The van der Waals surface area contributed by atoms with Crippen LogP contribution >= 0.6 is 0 Å². The average molecular weight is 354 g/mol. The molecule has 0 atom stereocenters. The average Bonchev–Trinajstić information content (AvgIpc) is 3.24. The monoisotopic (exact) mass is 354 g/mol. The van der Waals surface area contributed by atoms with Gasteiger partial charge in [-0.2, -0.15) is 5.10 Å². The zero-order valence-corrected chi connectivity index (χ0v) is 15.1. The van der Waals surface area contributed by atoms with Gasteiger partial charge in [-0.3, -0.25) is 9.69 Å². The number of likely N-dealkylation sites (tertiary alicyclic amines) is 1. The molecule has 2 saturated heterocycles. The summed E-state index contributed by atoms with van der Waals surface area (Å²) in [6.07, 6.45) is 5.76. The molecule has 2 aliphatic heterocycles. The third-order valence-corrected chi connectivity index (χ3v) is 5.41. The third-order valence-electron chi connectivity index (χ3n) is 5.41. The third kappa shape index (κ3) is 3.81. The molecule has 138 valence electrons. The summed E-state index contributed by atoms with van der Waals surface area (Å²) in [6.45, 7) is 6.58. The minimum Gasteiger partial charge on any atom is -0.379 e. The Labute approximate surface area is 154 Å². The van der Waals surface area contributed by atoms with Gasteiger partial charge in [-0.05, 0) is 37.0 Å². The molecule has 6 heteroatoms. The van der Waals surface area contributed by atoms with E-state index >= 15 is 0 Å². The molecular formula is C20H26N4O2. The van der Waals surface area contributed by atoms with Crippen molar-refractivity contribution in [2.75, 3.05) is 45.9 Å². The lowest BCUT2D eigenvalue weighted by atomic mass is 9.95. The minimum atomic E-state index is 0.112. The molecule has 4 rings (SSSR count). The van der Waals surface area contributed by atoms with Crippen molar-refractivity contribution in [1.82, 2.24) is 19.6 Å². The van der Waals surface area contributed by atoms with Gasteiger partial charge < -0.3 is 9.64 Å². The van der Waals surface area contributed by atoms with Gasteiger partial charge in [0.05, 0.1) is 24.5 Å². The molecule has 0 spiro atoms. The Kier molecular flexibility index (Phi) is 5.32. The number of aromatic nitrogens is 2. The SMILES string of the molecule is O=C(c1ccccc1-n1cccn1)N1CCC(CN2CCOCC2)CC1. The molecular weight excluding hydrogens is 328 g/mol. The van der Waals surface area contributed by atoms with Crippen molar-refractivity contribution in [3.05, 3.63) is 48.3 Å². The summed E-state index contributed by atoms with van der Waals surface area (Å²) in [5.41, 5.74) is 1.57. The van der Waals surface area contributed by atoms with Crippen molar-refractivity contribution < 1.29 is 9.53 Å². The van der Waals surface area contributed by atoms with Crippen LogP contribution < -0.4 is 0 Å². The van der Waals surface area contributed by atoms with Gasteiger partial charge in [0, 0.05) is 45.1 Å². The van der Waals surface area contributed by atoms with Crippen LogP contribution in [0.1, 0.15) is 23.2 Å². The van der Waals surface area contributed by atoms with Crippen LogP contribution in [0.3, 0.4) is 0 Å². The highest BCUT2D eigenvalue weighted by Crippen LogP contribution is 2.22. The number of piperidine rings is 1. The fourth-order valence-corrected chi connectivity index (χ4v) is 3.90. The number of carbonyl (C=O) groups is 1. The van der Waals surface area contributed by atoms with Gasteiger partial charge in [0.25, 0.3) is 5.91 Å². The molecule has 1 aromatic carbocycles. The summed E-state index contributed by atoms with van der Waals surface area (Å²) in [4.78, 5) is 17.6. The fraction of sp³-hybridized carbons (Fsp3) is 0.500. The van der Waals surface area contributed by atoms with Crippen molar-refractivity contribution in [1.29, 1.82) is 0 Å². The van der Waals surface area contributed by atoms with E-state index in [4.69, 9.17) is 4.74 Å². The summed E-state index contributed by atoms with van der Waals surface area (Å²) in [5.74, 6) is 0.791. The molecule has 0 saturated carbocycles. The molecule has 3 heterocycles. The van der Waals surface area contributed by atoms with E-state index in [1.807, 2.05) is 41.4 Å². The topological polar surface area (TPSA) is 50.6 Å². The van der Waals surface area contributed by atoms with Gasteiger partial charge in [-0.15, -0.1) is 0 Å². The van der Waals surface area contributed by atoms with E-state index in [-0.39, 0.29) is 5.91 Å². The Balaban J connectivity index is 1.38. The van der Waals surface area contributed by atoms with E-state index in [2.05, 4.69) is 10.00 Å². The molecule has 0 N–H and O–H groups in total. The number of carbonyl (C=O) groups excluding carboxylic acids is 1. The number of hydrogen-bond acceptors (Lipinski definition) is 4. The van der Waals surface area contributed by atoms with Crippen LogP contribution in [-0.4, -0.2) is 71.4 Å². The molecule has 1 amide bonds. The molecule has 6 nitrogen and oxygen atoms in total. The fourth-order valence-electron chi connectivity index (χ4n) is 3.90. The lowest BCUT2D eigenvalue weighted by molar-refractivity contribution is 0.0243. The molecule has 2 aromatic rings. The predicted octanol–water partition coefficient (Wildman–Crippen LogP) is 2.06. The Bertz CT molecular complexity index is 717. The molecule has 0 radical (unpaired) electrons. The quantitative estimate of drug-likeness (QED) is 0.843. The second-order valence-electron chi connectivity index (χ2n) is 7.12. The Hall–Kier alpha value is -2.18. The number of amides is 1. The van der Waals surface area contributed by atoms with Gasteiger partial charge in [0.2, 0.25) is 0 Å². The van der Waals surface area contributed by atoms with E-state index in [1.165, 1.54) is 0 Å². The highest BCUT2D eigenvalue weighted by Gasteiger charge is 2.26. The van der Waals surface area contributed by atoms with Gasteiger partial charge in [0.1, 0.15) is 0 Å². The standard InChI is InChI=1S/C20H26N4O2/c25-20(18-4-1-2-5-19(18)24-9-3-8-21-24)23-10-6-17(7-11-23)16-22-12-14-26-15-13-22/h1-5,8-9,17H,6-7,10-16H2. The van der Waals surface area contributed by atoms with Crippen molar-refractivity contribution in [2.45, 2.75) is 12.8 Å². The van der Waals surface area contributed by atoms with Gasteiger partial charge in [0.15, 0.2) is 0 Å². The van der Waals surface area contributed by atoms with Crippen LogP contribution in [0.25, 0.3) is 5.69 Å². The van der Waals surface area contributed by atoms with Crippen molar-refractivity contribution in [3.8, 4) is 5.69 Å². The first-order valence-electron chi connectivity index (χ1n) is 9.49. The van der Waals surface area contributed by atoms with E-state index in [0.717, 1.165) is 70.0 Å². The maximum atomic E-state index is 13.1. The zero-order chi connectivity index (χ0) is 17.8. The molecule has 2 aliphatic rings. The lowest BCUT2D eigenvalue weighted by Crippen LogP contribution is -2.44. The highest BCUT2D eigenvalue weighted by atomic mass is 16.5. The van der Waals surface area contributed by atoms with Crippen LogP contribution in [0.15, 0.2) is 42.7 Å². The van der Waals surface area contributed by atoms with Crippen LogP contribution in [0.5, 0.6) is 0 Å². The largest absolute Gasteiger partial charge is 0.379 e. The minimum absolute atomic E-state index is 0.112. The maximum absolute atomic E-state index is 13.1. The number of hydrogen-bond donors (Lipinski definition) is 0. The highest BCUT2D eigenvalue weighted by molar-refractivity contribution is 5.97. The van der Waals surface area contributed by atoms with Gasteiger partial charge in [-0.25, -0.2) is 4.68 Å². The second-order valence-corrected chi connectivity index (χ2v) is 7.12. The first-order valence-corrected chi connectivity index (χ1v) is 9.49. The Morgan fingerprint density at radius 2 is 1.85 bits per heavy atom. The van der Waals surface area contributed by atoms with Crippen LogP contribution in [0, 0.1) is 5.92 Å². The number of nitrogens with zero attached hydrogens (tertiary/aromatic N) is 4. The van der Waals surface area contributed by atoms with E-state index in [0.29, 0.717) is 5.92 Å². The smallest absolute Gasteiger partial charge is 0.256 e. The normalized spacial score (nSPS) is 19.6. The lowest BCUT2D eigenvalue weighted by Gasteiger charge is -2.36. The summed E-state index contributed by atoms with van der Waals surface area (Å²) in [5, 5.41) is 4.28. The first-order chi connectivity index (χ1) is 12.8. The number of benzene rings is 1. The van der Waals surface area contributed by atoms with Crippen molar-refractivity contribution in [2.24, 2.45) is 5.92 Å². The molecule has 1 aromatic heterocycles. The van der Waals surface area contributed by atoms with E-state index in [1.54, 1.807) is 10.9 Å². The predicted molar refractivity (Wildman–Crippen MR) is 99.5 cm³/mol. The molecule has 26 heavy (non-hydrogen) atoms. The van der Waals surface area contributed by atoms with Crippen LogP contribution in [0.4, 0.5) is 0 Å². The molecule has 2 fully saturated rings. The number of para-hydroxylation sites is 1. The van der Waals surface area contributed by atoms with E-state index in [9.17, 15) is 4.79 Å². The van der Waals surface area contributed by atoms with Crippen LogP contribution in [-0.2, 0) is 4.74 Å². The molecule has 0 bridgehead atoms. The number of morpholine rings is 1. The van der Waals surface area contributed by atoms with E-state index < -0.39 is 0 Å². The summed E-state index contributed by atoms with van der Waals surface area (Å²) in [6, 6.07) is 9.59. The molecule has 0 unspecified atom stereocenters. The number of rotatable bonds is 4. The second kappa shape index (κ2) is 8.01. The summed E-state index contributed by atoms with van der Waals surface area (Å²) < 4.78 is 7.19. The van der Waals surface area contributed by atoms with Gasteiger partial charge in [-0.1, -0.05) is 12.1 Å². The van der Waals surface area contributed by atoms with Crippen molar-refractivity contribution in [3.63, 3.8) is 0 Å². The Morgan fingerprint density at radius 3 is 2.58 bits per heavy atom. The maximum Gasteiger partial charge on any atom is 0.256 e. The first kappa shape index (κ1) is 17.2. The van der Waals surface area contributed by atoms with Gasteiger partial charge >= 0.3 is 0 Å². The Morgan fingerprint density at radius 1 is 1.08 bits per heavy atom. The zero-order valence-electron chi connectivity index (χ0n) is 15.1. The van der Waals surface area contributed by atoms with Crippen molar-refractivity contribution >= 4 is 5.91 Å². The summed E-state index contributed by atoms with van der Waals surface area (Å²) >= 11 is 0. The van der Waals surface area contributed by atoms with Crippen LogP contribution in [0.2, 0.25) is 0 Å². The summed E-state index contributed by atoms with van der Waals surface area (Å²) in [7, 11) is 0. The molecule has 0 aliphatic carbocycles.